The fraction of sp³-hybridized carbons (Fsp3) is 0.412. The van der Waals surface area contributed by atoms with E-state index in [1.165, 1.54) is 5.01 Å². The standard InChI is InChI=1S/C17H20N4O3/c1-20-15(22)8-7-14(19-20)17(24)18-13-5-2-4-12(10-13)11-21-9-3-6-16(21)23/h2,4-5,10H,3,6-9,11H2,1H3,(H,18,24). The van der Waals surface area contributed by atoms with Gasteiger partial charge in [0.25, 0.3) is 5.91 Å². The van der Waals surface area contributed by atoms with Crippen LogP contribution in [0.3, 0.4) is 0 Å². The number of carbonyl (C=O) groups excluding carboxylic acids is 3. The molecule has 7 heteroatoms. The lowest BCUT2D eigenvalue weighted by Gasteiger charge is -2.19. The number of rotatable bonds is 4. The van der Waals surface area contributed by atoms with Gasteiger partial charge in [0.15, 0.2) is 0 Å². The molecule has 2 aliphatic heterocycles. The third kappa shape index (κ3) is 3.61. The molecular weight excluding hydrogens is 308 g/mol. The van der Waals surface area contributed by atoms with E-state index in [1.54, 1.807) is 13.1 Å². The van der Waals surface area contributed by atoms with Gasteiger partial charge in [0.2, 0.25) is 11.8 Å². The van der Waals surface area contributed by atoms with Crippen molar-refractivity contribution in [2.75, 3.05) is 18.9 Å². The first-order valence-electron chi connectivity index (χ1n) is 8.05. The molecule has 0 bridgehead atoms. The first kappa shape index (κ1) is 16.2. The summed E-state index contributed by atoms with van der Waals surface area (Å²) in [6.07, 6.45) is 2.15. The van der Waals surface area contributed by atoms with Crippen molar-refractivity contribution in [1.29, 1.82) is 0 Å². The van der Waals surface area contributed by atoms with Crippen LogP contribution >= 0.6 is 0 Å². The molecule has 3 rings (SSSR count). The number of benzene rings is 1. The predicted octanol–water partition coefficient (Wildman–Crippen LogP) is 1.36. The molecule has 0 radical (unpaired) electrons. The van der Waals surface area contributed by atoms with Gasteiger partial charge in [-0.05, 0) is 24.1 Å². The summed E-state index contributed by atoms with van der Waals surface area (Å²) in [5.74, 6) is -0.221. The number of carbonyl (C=O) groups is 3. The van der Waals surface area contributed by atoms with Gasteiger partial charge in [-0.1, -0.05) is 12.1 Å². The van der Waals surface area contributed by atoms with Crippen LogP contribution in [0.5, 0.6) is 0 Å². The Hall–Kier alpha value is -2.70. The minimum Gasteiger partial charge on any atom is -0.338 e. The van der Waals surface area contributed by atoms with Crippen LogP contribution in [0.15, 0.2) is 29.4 Å². The largest absolute Gasteiger partial charge is 0.338 e. The fourth-order valence-electron chi connectivity index (χ4n) is 2.88. The monoisotopic (exact) mass is 328 g/mol. The van der Waals surface area contributed by atoms with Gasteiger partial charge in [-0.15, -0.1) is 0 Å². The van der Waals surface area contributed by atoms with Gasteiger partial charge in [-0.3, -0.25) is 14.4 Å². The van der Waals surface area contributed by atoms with Gasteiger partial charge in [0.1, 0.15) is 5.71 Å². The molecule has 2 heterocycles. The molecule has 1 aromatic rings. The second kappa shape index (κ2) is 6.82. The van der Waals surface area contributed by atoms with Crippen molar-refractivity contribution in [1.82, 2.24) is 9.91 Å². The van der Waals surface area contributed by atoms with Crippen molar-refractivity contribution < 1.29 is 14.4 Å². The zero-order valence-electron chi connectivity index (χ0n) is 13.6. The first-order valence-corrected chi connectivity index (χ1v) is 8.05. The van der Waals surface area contributed by atoms with Crippen LogP contribution in [0.25, 0.3) is 0 Å². The molecule has 0 atom stereocenters. The molecule has 3 amide bonds. The van der Waals surface area contributed by atoms with Gasteiger partial charge >= 0.3 is 0 Å². The summed E-state index contributed by atoms with van der Waals surface area (Å²) in [5, 5.41) is 8.02. The summed E-state index contributed by atoms with van der Waals surface area (Å²) >= 11 is 0. The van der Waals surface area contributed by atoms with Gasteiger partial charge in [0.05, 0.1) is 0 Å². The van der Waals surface area contributed by atoms with Crippen LogP contribution in [-0.2, 0) is 20.9 Å². The van der Waals surface area contributed by atoms with Crippen molar-refractivity contribution in [3.8, 4) is 0 Å². The number of hydrogen-bond donors (Lipinski definition) is 1. The van der Waals surface area contributed by atoms with E-state index in [4.69, 9.17) is 0 Å². The minimum absolute atomic E-state index is 0.0937. The quantitative estimate of drug-likeness (QED) is 0.906. The Morgan fingerprint density at radius 1 is 1.21 bits per heavy atom. The molecular formula is C17H20N4O3. The zero-order chi connectivity index (χ0) is 17.1. The highest BCUT2D eigenvalue weighted by atomic mass is 16.2. The number of likely N-dealkylation sites (tertiary alicyclic amines) is 1. The summed E-state index contributed by atoms with van der Waals surface area (Å²) in [4.78, 5) is 37.2. The van der Waals surface area contributed by atoms with E-state index >= 15 is 0 Å². The summed E-state index contributed by atoms with van der Waals surface area (Å²) < 4.78 is 0. The third-order valence-corrected chi connectivity index (χ3v) is 4.20. The number of nitrogens with zero attached hydrogens (tertiary/aromatic N) is 3. The smallest absolute Gasteiger partial charge is 0.271 e. The molecule has 1 N–H and O–H groups in total. The van der Waals surface area contributed by atoms with Crippen LogP contribution in [0, 0.1) is 0 Å². The molecule has 0 unspecified atom stereocenters. The van der Waals surface area contributed by atoms with Crippen molar-refractivity contribution in [2.45, 2.75) is 32.2 Å². The lowest BCUT2D eigenvalue weighted by molar-refractivity contribution is -0.130. The Kier molecular flexibility index (Phi) is 4.59. The van der Waals surface area contributed by atoms with Gasteiger partial charge in [-0.25, -0.2) is 5.01 Å². The SMILES string of the molecule is CN1N=C(C(=O)Nc2cccc(CN3CCCC3=O)c2)CCC1=O. The molecule has 24 heavy (non-hydrogen) atoms. The Morgan fingerprint density at radius 3 is 2.75 bits per heavy atom. The molecule has 0 saturated carbocycles. The number of hydrazone groups is 1. The second-order valence-electron chi connectivity index (χ2n) is 6.04. The van der Waals surface area contributed by atoms with Crippen molar-refractivity contribution in [2.24, 2.45) is 5.10 Å². The van der Waals surface area contributed by atoms with Gasteiger partial charge < -0.3 is 10.2 Å². The van der Waals surface area contributed by atoms with Crippen molar-refractivity contribution in [3.63, 3.8) is 0 Å². The van der Waals surface area contributed by atoms with E-state index in [-0.39, 0.29) is 17.7 Å². The van der Waals surface area contributed by atoms with Crippen molar-refractivity contribution >= 4 is 29.1 Å². The number of anilines is 1. The van der Waals surface area contributed by atoms with E-state index in [0.717, 1.165) is 18.5 Å². The molecule has 1 fully saturated rings. The lowest BCUT2D eigenvalue weighted by Crippen LogP contribution is -2.34. The van der Waals surface area contributed by atoms with Crippen LogP contribution in [-0.4, -0.2) is 46.9 Å². The van der Waals surface area contributed by atoms with Crippen molar-refractivity contribution in [3.05, 3.63) is 29.8 Å². The third-order valence-electron chi connectivity index (χ3n) is 4.20. The molecule has 2 aliphatic rings. The summed E-state index contributed by atoms with van der Waals surface area (Å²) in [7, 11) is 1.54. The van der Waals surface area contributed by atoms with Gasteiger partial charge in [0, 0.05) is 45.1 Å². The molecule has 7 nitrogen and oxygen atoms in total. The van der Waals surface area contributed by atoms with Crippen LogP contribution < -0.4 is 5.32 Å². The maximum atomic E-state index is 12.3. The topological polar surface area (TPSA) is 82.1 Å². The minimum atomic E-state index is -0.302. The fourth-order valence-corrected chi connectivity index (χ4v) is 2.88. The molecule has 126 valence electrons. The highest BCUT2D eigenvalue weighted by Gasteiger charge is 2.22. The highest BCUT2D eigenvalue weighted by Crippen LogP contribution is 2.17. The molecule has 0 spiro atoms. The zero-order valence-corrected chi connectivity index (χ0v) is 13.6. The van der Waals surface area contributed by atoms with Gasteiger partial charge in [-0.2, -0.15) is 5.10 Å². The Bertz CT molecular complexity index is 714. The summed E-state index contributed by atoms with van der Waals surface area (Å²) in [6, 6.07) is 7.45. The maximum Gasteiger partial charge on any atom is 0.271 e. The van der Waals surface area contributed by atoms with E-state index in [0.29, 0.717) is 37.2 Å². The molecule has 1 aromatic carbocycles. The first-order chi connectivity index (χ1) is 11.5. The molecule has 0 aliphatic carbocycles. The highest BCUT2D eigenvalue weighted by molar-refractivity contribution is 6.43. The van der Waals surface area contributed by atoms with Crippen LogP contribution in [0.2, 0.25) is 0 Å². The average Bonchev–Trinajstić information content (AvgIpc) is 2.95. The number of nitrogens with one attached hydrogen (secondary N) is 1. The Balaban J connectivity index is 1.66. The Labute approximate surface area is 140 Å². The van der Waals surface area contributed by atoms with E-state index in [1.807, 2.05) is 23.1 Å². The van der Waals surface area contributed by atoms with E-state index in [9.17, 15) is 14.4 Å². The predicted molar refractivity (Wildman–Crippen MR) is 89.2 cm³/mol. The lowest BCUT2D eigenvalue weighted by atomic mass is 10.1. The normalized spacial score (nSPS) is 18.0. The summed E-state index contributed by atoms with van der Waals surface area (Å²) in [5.41, 5.74) is 1.98. The van der Waals surface area contributed by atoms with Crippen LogP contribution in [0.4, 0.5) is 5.69 Å². The van der Waals surface area contributed by atoms with Crippen LogP contribution in [0.1, 0.15) is 31.2 Å². The maximum absolute atomic E-state index is 12.3. The van der Waals surface area contributed by atoms with E-state index in [2.05, 4.69) is 10.4 Å². The second-order valence-corrected chi connectivity index (χ2v) is 6.04. The summed E-state index contributed by atoms with van der Waals surface area (Å²) in [6.45, 7) is 1.34. The molecule has 0 aromatic heterocycles. The number of hydrogen-bond acceptors (Lipinski definition) is 4. The van der Waals surface area contributed by atoms with E-state index < -0.39 is 0 Å². The average molecular weight is 328 g/mol. The molecule has 1 saturated heterocycles. The Morgan fingerprint density at radius 2 is 2.04 bits per heavy atom. The number of amides is 3.